The van der Waals surface area contributed by atoms with Crippen molar-refractivity contribution in [3.8, 4) is 0 Å². The smallest absolute Gasteiger partial charge is 0.194 e. The normalized spacial score (nSPS) is 12.7. The lowest BCUT2D eigenvalue weighted by Gasteiger charge is -2.18. The third-order valence-corrected chi connectivity index (χ3v) is 4.76. The summed E-state index contributed by atoms with van der Waals surface area (Å²) in [5.74, 6) is -3.80. The number of benzene rings is 1. The number of aryl methyl sites for hydroxylation is 1. The maximum Gasteiger partial charge on any atom is 0.194 e. The van der Waals surface area contributed by atoms with Crippen molar-refractivity contribution in [2.75, 3.05) is 6.54 Å². The van der Waals surface area contributed by atoms with Crippen LogP contribution in [0.3, 0.4) is 0 Å². The molecular formula is C15H15ClF3NS. The number of hydrogen-bond donors (Lipinski definition) is 1. The Balaban J connectivity index is 2.47. The Morgan fingerprint density at radius 3 is 2.52 bits per heavy atom. The van der Waals surface area contributed by atoms with Gasteiger partial charge in [-0.3, -0.25) is 0 Å². The molecule has 0 radical (unpaired) electrons. The van der Waals surface area contributed by atoms with Gasteiger partial charge < -0.3 is 5.32 Å². The molecule has 2 aromatic rings. The topological polar surface area (TPSA) is 12.0 Å². The Bertz CT molecular complexity index is 623. The third kappa shape index (κ3) is 3.42. The van der Waals surface area contributed by atoms with Crippen LogP contribution in [-0.2, 0) is 0 Å². The van der Waals surface area contributed by atoms with Gasteiger partial charge in [-0.25, -0.2) is 13.2 Å². The minimum atomic E-state index is -1.45. The van der Waals surface area contributed by atoms with E-state index < -0.39 is 23.5 Å². The number of thiophene rings is 1. The molecule has 1 heterocycles. The summed E-state index contributed by atoms with van der Waals surface area (Å²) in [6, 6.07) is 3.50. The van der Waals surface area contributed by atoms with E-state index in [1.165, 1.54) is 17.4 Å². The number of nitrogens with one attached hydrogen (secondary N) is 1. The molecule has 1 atom stereocenters. The largest absolute Gasteiger partial charge is 0.306 e. The first-order valence-electron chi connectivity index (χ1n) is 6.58. The van der Waals surface area contributed by atoms with E-state index in [0.29, 0.717) is 10.9 Å². The van der Waals surface area contributed by atoms with Crippen molar-refractivity contribution in [3.63, 3.8) is 0 Å². The van der Waals surface area contributed by atoms with Crippen molar-refractivity contribution in [1.29, 1.82) is 0 Å². The van der Waals surface area contributed by atoms with Crippen molar-refractivity contribution < 1.29 is 13.2 Å². The molecule has 1 aromatic carbocycles. The molecule has 1 nitrogen and oxygen atoms in total. The maximum absolute atomic E-state index is 14.0. The summed E-state index contributed by atoms with van der Waals surface area (Å²) in [5.41, 5.74) is 0.961. The molecule has 0 bridgehead atoms. The van der Waals surface area contributed by atoms with Crippen LogP contribution in [0.5, 0.6) is 0 Å². The van der Waals surface area contributed by atoms with Gasteiger partial charge in [0.25, 0.3) is 0 Å². The molecule has 0 saturated carbocycles. The molecule has 0 aliphatic heterocycles. The molecule has 0 fully saturated rings. The van der Waals surface area contributed by atoms with Gasteiger partial charge in [-0.2, -0.15) is 0 Å². The molecule has 114 valence electrons. The molecule has 1 aromatic heterocycles. The van der Waals surface area contributed by atoms with E-state index in [2.05, 4.69) is 5.32 Å². The number of rotatable bonds is 5. The van der Waals surface area contributed by atoms with Gasteiger partial charge in [0.05, 0.1) is 10.4 Å². The van der Waals surface area contributed by atoms with Crippen molar-refractivity contribution in [2.45, 2.75) is 26.3 Å². The zero-order chi connectivity index (χ0) is 15.6. The molecule has 0 aliphatic carbocycles. The fraction of sp³-hybridized carbons (Fsp3) is 0.333. The fourth-order valence-corrected chi connectivity index (χ4v) is 3.35. The van der Waals surface area contributed by atoms with E-state index in [1.807, 2.05) is 19.9 Å². The van der Waals surface area contributed by atoms with Crippen molar-refractivity contribution in [2.24, 2.45) is 0 Å². The molecule has 0 spiro atoms. The van der Waals surface area contributed by atoms with Gasteiger partial charge >= 0.3 is 0 Å². The van der Waals surface area contributed by atoms with Crippen LogP contribution in [0.1, 0.15) is 35.4 Å². The van der Waals surface area contributed by atoms with E-state index >= 15 is 0 Å². The molecule has 2 rings (SSSR count). The van der Waals surface area contributed by atoms with Gasteiger partial charge in [-0.05, 0) is 37.6 Å². The SMILES string of the molecule is CCCNC(c1cc(C)c(Cl)s1)c1ccc(F)c(F)c1F. The molecule has 1 unspecified atom stereocenters. The van der Waals surface area contributed by atoms with E-state index in [4.69, 9.17) is 11.6 Å². The van der Waals surface area contributed by atoms with E-state index in [-0.39, 0.29) is 5.56 Å². The standard InChI is InChI=1S/C15H15ClF3NS/c1-3-6-20-14(11-7-8(2)15(16)21-11)9-4-5-10(17)13(19)12(9)18/h4-5,7,14,20H,3,6H2,1-2H3. The Morgan fingerprint density at radius 1 is 1.24 bits per heavy atom. The quantitative estimate of drug-likeness (QED) is 0.740. The van der Waals surface area contributed by atoms with Crippen LogP contribution >= 0.6 is 22.9 Å². The first-order chi connectivity index (χ1) is 9.95. The highest BCUT2D eigenvalue weighted by Crippen LogP contribution is 2.35. The Morgan fingerprint density at radius 2 is 1.95 bits per heavy atom. The third-order valence-electron chi connectivity index (χ3n) is 3.14. The highest BCUT2D eigenvalue weighted by atomic mass is 35.5. The van der Waals surface area contributed by atoms with Gasteiger partial charge in [0.1, 0.15) is 0 Å². The van der Waals surface area contributed by atoms with Gasteiger partial charge in [0, 0.05) is 10.4 Å². The Kier molecular flexibility index (Phi) is 5.30. The average Bonchev–Trinajstić information content (AvgIpc) is 2.78. The van der Waals surface area contributed by atoms with Crippen molar-refractivity contribution >= 4 is 22.9 Å². The van der Waals surface area contributed by atoms with Gasteiger partial charge in [0.2, 0.25) is 0 Å². The van der Waals surface area contributed by atoms with Crippen molar-refractivity contribution in [3.05, 3.63) is 56.0 Å². The minimum absolute atomic E-state index is 0.0836. The minimum Gasteiger partial charge on any atom is -0.306 e. The Labute approximate surface area is 130 Å². The second-order valence-electron chi connectivity index (χ2n) is 4.76. The monoisotopic (exact) mass is 333 g/mol. The summed E-state index contributed by atoms with van der Waals surface area (Å²) in [5, 5.41) is 3.15. The molecule has 0 aliphatic rings. The zero-order valence-corrected chi connectivity index (χ0v) is 13.2. The van der Waals surface area contributed by atoms with Crippen LogP contribution < -0.4 is 5.32 Å². The van der Waals surface area contributed by atoms with E-state index in [9.17, 15) is 13.2 Å². The lowest BCUT2D eigenvalue weighted by Crippen LogP contribution is -2.24. The van der Waals surface area contributed by atoms with Crippen LogP contribution in [-0.4, -0.2) is 6.54 Å². The summed E-state index contributed by atoms with van der Waals surface area (Å²) in [6.45, 7) is 4.44. The first-order valence-corrected chi connectivity index (χ1v) is 7.77. The predicted octanol–water partition coefficient (Wildman–Crippen LogP) is 5.22. The van der Waals surface area contributed by atoms with Crippen LogP contribution in [0.4, 0.5) is 13.2 Å². The molecule has 21 heavy (non-hydrogen) atoms. The molecular weight excluding hydrogens is 319 g/mol. The lowest BCUT2D eigenvalue weighted by atomic mass is 10.0. The molecule has 0 saturated heterocycles. The van der Waals surface area contributed by atoms with Gasteiger partial charge in [-0.1, -0.05) is 24.6 Å². The summed E-state index contributed by atoms with van der Waals surface area (Å²) in [4.78, 5) is 0.774. The Hall–Kier alpha value is -1.04. The summed E-state index contributed by atoms with van der Waals surface area (Å²) >= 11 is 7.36. The fourth-order valence-electron chi connectivity index (χ4n) is 2.04. The first kappa shape index (κ1) is 16.3. The molecule has 6 heteroatoms. The van der Waals surface area contributed by atoms with E-state index in [0.717, 1.165) is 22.9 Å². The maximum atomic E-state index is 14.0. The number of halogens is 4. The zero-order valence-electron chi connectivity index (χ0n) is 11.6. The van der Waals surface area contributed by atoms with Crippen LogP contribution in [0, 0.1) is 24.4 Å². The number of hydrogen-bond acceptors (Lipinski definition) is 2. The predicted molar refractivity (Wildman–Crippen MR) is 80.5 cm³/mol. The molecule has 0 amide bonds. The summed E-state index contributed by atoms with van der Waals surface area (Å²) in [7, 11) is 0. The van der Waals surface area contributed by atoms with Crippen LogP contribution in [0.15, 0.2) is 18.2 Å². The summed E-state index contributed by atoms with van der Waals surface area (Å²) in [6.07, 6.45) is 0.833. The summed E-state index contributed by atoms with van der Waals surface area (Å²) < 4.78 is 41.2. The highest BCUT2D eigenvalue weighted by Gasteiger charge is 2.23. The molecule has 1 N–H and O–H groups in total. The highest BCUT2D eigenvalue weighted by molar-refractivity contribution is 7.16. The van der Waals surface area contributed by atoms with Crippen LogP contribution in [0.25, 0.3) is 0 Å². The lowest BCUT2D eigenvalue weighted by molar-refractivity contribution is 0.433. The van der Waals surface area contributed by atoms with E-state index in [1.54, 1.807) is 0 Å². The van der Waals surface area contributed by atoms with Gasteiger partial charge in [0.15, 0.2) is 17.5 Å². The second kappa shape index (κ2) is 6.81. The van der Waals surface area contributed by atoms with Crippen molar-refractivity contribution in [1.82, 2.24) is 5.32 Å². The van der Waals surface area contributed by atoms with Gasteiger partial charge in [-0.15, -0.1) is 11.3 Å². The average molecular weight is 334 g/mol. The second-order valence-corrected chi connectivity index (χ2v) is 6.44. The van der Waals surface area contributed by atoms with Crippen LogP contribution in [0.2, 0.25) is 4.34 Å².